The van der Waals surface area contributed by atoms with E-state index in [9.17, 15) is 44.3 Å². The number of carbonyl (C=O) groups is 4. The SMILES string of the molecule is CC(=O)N1[C@H](CN(C)C)C[C@@H]2CN(Cc3cccc(C)n3)CC[C@@H]21.O=C(O)C(F)(F)F.O=C(O)C(F)(F)F.O=C(O)C(F)(F)F. The number of nitrogens with zero attached hydrogens (tertiary/aromatic N) is 4. The Morgan fingerprint density at radius 2 is 1.33 bits per heavy atom. The van der Waals surface area contributed by atoms with E-state index in [1.807, 2.05) is 13.0 Å². The molecule has 2 fully saturated rings. The fourth-order valence-electron chi connectivity index (χ4n) is 4.56. The highest BCUT2D eigenvalue weighted by Crippen LogP contribution is 2.36. The molecule has 0 saturated carbocycles. The molecular weight excluding hydrogens is 639 g/mol. The van der Waals surface area contributed by atoms with E-state index in [2.05, 4.69) is 45.9 Å². The largest absolute Gasteiger partial charge is 0.490 e. The number of alkyl halides is 9. The number of rotatable bonds is 4. The minimum absolute atomic E-state index is 0.239. The number of fused-ring (bicyclic) bond motifs is 1. The molecule has 2 aliphatic rings. The van der Waals surface area contributed by atoms with Crippen molar-refractivity contribution in [2.24, 2.45) is 5.92 Å². The maximum atomic E-state index is 12.2. The van der Waals surface area contributed by atoms with Crippen molar-refractivity contribution in [3.8, 4) is 0 Å². The number of carboxylic acid groups (broad SMARTS) is 3. The van der Waals surface area contributed by atoms with Gasteiger partial charge in [-0.2, -0.15) is 39.5 Å². The van der Waals surface area contributed by atoms with Gasteiger partial charge in [-0.3, -0.25) is 14.7 Å². The van der Waals surface area contributed by atoms with Crippen LogP contribution in [0, 0.1) is 12.8 Å². The highest BCUT2D eigenvalue weighted by atomic mass is 19.4. The molecule has 0 bridgehead atoms. The van der Waals surface area contributed by atoms with Crippen LogP contribution in [0.3, 0.4) is 0 Å². The summed E-state index contributed by atoms with van der Waals surface area (Å²) in [5.74, 6) is -7.44. The van der Waals surface area contributed by atoms with Crippen molar-refractivity contribution in [3.63, 3.8) is 0 Å². The van der Waals surface area contributed by atoms with Gasteiger partial charge in [0.15, 0.2) is 0 Å². The Morgan fingerprint density at radius 1 is 0.889 bits per heavy atom. The second-order valence-corrected chi connectivity index (χ2v) is 10.1. The van der Waals surface area contributed by atoms with Crippen LogP contribution in [-0.2, 0) is 25.7 Å². The van der Waals surface area contributed by atoms with Crippen LogP contribution in [0.15, 0.2) is 18.2 Å². The molecule has 2 saturated heterocycles. The van der Waals surface area contributed by atoms with Gasteiger partial charge in [-0.25, -0.2) is 14.4 Å². The van der Waals surface area contributed by atoms with Crippen molar-refractivity contribution >= 4 is 23.8 Å². The Bertz CT molecular complexity index is 1090. The van der Waals surface area contributed by atoms with E-state index in [0.717, 1.165) is 50.4 Å². The van der Waals surface area contributed by atoms with Crippen LogP contribution in [0.1, 0.15) is 31.2 Å². The molecule has 0 spiro atoms. The number of halogens is 9. The number of likely N-dealkylation sites (tertiary alicyclic amines) is 2. The number of aliphatic carboxylic acids is 3. The number of pyridine rings is 1. The summed E-state index contributed by atoms with van der Waals surface area (Å²) in [6, 6.07) is 7.04. The Hall–Kier alpha value is -3.68. The molecule has 3 atom stereocenters. The van der Waals surface area contributed by atoms with Gasteiger partial charge in [0.05, 0.1) is 5.69 Å². The van der Waals surface area contributed by atoms with Gasteiger partial charge >= 0.3 is 36.4 Å². The highest BCUT2D eigenvalue weighted by molar-refractivity contribution is 5.75. The fourth-order valence-corrected chi connectivity index (χ4v) is 4.56. The van der Waals surface area contributed by atoms with Crippen LogP contribution in [0.2, 0.25) is 0 Å². The van der Waals surface area contributed by atoms with E-state index in [4.69, 9.17) is 29.7 Å². The Labute approximate surface area is 251 Å². The topological polar surface area (TPSA) is 152 Å². The smallest absolute Gasteiger partial charge is 0.475 e. The molecule has 0 aliphatic carbocycles. The standard InChI is InChI=1S/C19H30N4O.3C2HF3O2/c1-14-6-5-7-17(20-14)12-22-9-8-19-16(11-22)10-18(13-21(3)4)23(19)15(2)24;3*3-2(4,5)1(6)7/h5-7,16,18-19H,8-13H2,1-4H3;3*(H,6,7)/t16-,18+,19+;;;/m1.../s1. The van der Waals surface area contributed by atoms with E-state index in [0.29, 0.717) is 18.0 Å². The van der Waals surface area contributed by atoms with Gasteiger partial charge in [-0.1, -0.05) is 6.07 Å². The minimum atomic E-state index is -5.08. The maximum Gasteiger partial charge on any atom is 0.490 e. The molecular formula is C25H33F9N4O7. The Morgan fingerprint density at radius 3 is 1.69 bits per heavy atom. The first-order valence-corrected chi connectivity index (χ1v) is 12.8. The van der Waals surface area contributed by atoms with Crippen LogP contribution in [0.4, 0.5) is 39.5 Å². The number of carbonyl (C=O) groups excluding carboxylic acids is 1. The molecule has 1 amide bonds. The van der Waals surface area contributed by atoms with Gasteiger partial charge in [0, 0.05) is 50.9 Å². The molecule has 2 aliphatic heterocycles. The molecule has 3 rings (SSSR count). The number of likely N-dealkylation sites (N-methyl/N-ethyl adjacent to an activating group) is 1. The molecule has 0 unspecified atom stereocenters. The van der Waals surface area contributed by atoms with E-state index >= 15 is 0 Å². The minimum Gasteiger partial charge on any atom is -0.475 e. The Balaban J connectivity index is 0.000000753. The summed E-state index contributed by atoms with van der Waals surface area (Å²) in [7, 11) is 4.19. The average Bonchev–Trinajstić information content (AvgIpc) is 3.20. The summed E-state index contributed by atoms with van der Waals surface area (Å²) in [4.78, 5) is 50.4. The van der Waals surface area contributed by atoms with E-state index in [1.54, 1.807) is 6.92 Å². The zero-order valence-corrected chi connectivity index (χ0v) is 24.4. The number of hydrogen-bond acceptors (Lipinski definition) is 7. The van der Waals surface area contributed by atoms with Crippen molar-refractivity contribution in [2.75, 3.05) is 33.7 Å². The molecule has 1 aromatic heterocycles. The molecule has 0 aromatic carbocycles. The lowest BCUT2D eigenvalue weighted by Crippen LogP contribution is -2.49. The molecule has 3 N–H and O–H groups in total. The summed E-state index contributed by atoms with van der Waals surface area (Å²) in [6.45, 7) is 7.79. The van der Waals surface area contributed by atoms with Crippen molar-refractivity contribution in [1.82, 2.24) is 19.7 Å². The molecule has 20 heteroatoms. The first kappa shape index (κ1) is 41.3. The number of amides is 1. The lowest BCUT2D eigenvalue weighted by atomic mass is 9.92. The summed E-state index contributed by atoms with van der Waals surface area (Å²) in [5, 5.41) is 21.4. The first-order valence-electron chi connectivity index (χ1n) is 12.8. The van der Waals surface area contributed by atoms with Gasteiger partial charge in [0.2, 0.25) is 5.91 Å². The van der Waals surface area contributed by atoms with Crippen LogP contribution >= 0.6 is 0 Å². The number of aromatic nitrogens is 1. The molecule has 11 nitrogen and oxygen atoms in total. The number of carboxylic acids is 3. The summed E-state index contributed by atoms with van der Waals surface area (Å²) < 4.78 is 95.2. The van der Waals surface area contributed by atoms with E-state index < -0.39 is 36.4 Å². The molecule has 45 heavy (non-hydrogen) atoms. The van der Waals surface area contributed by atoms with Gasteiger partial charge < -0.3 is 25.1 Å². The zero-order valence-electron chi connectivity index (χ0n) is 24.4. The van der Waals surface area contributed by atoms with Crippen molar-refractivity contribution < 1.29 is 74.0 Å². The summed E-state index contributed by atoms with van der Waals surface area (Å²) >= 11 is 0. The average molecular weight is 673 g/mol. The molecule has 3 heterocycles. The fraction of sp³-hybridized carbons (Fsp3) is 0.640. The van der Waals surface area contributed by atoms with Crippen LogP contribution in [0.5, 0.6) is 0 Å². The van der Waals surface area contributed by atoms with Crippen molar-refractivity contribution in [1.29, 1.82) is 0 Å². The monoisotopic (exact) mass is 672 g/mol. The number of piperidine rings is 1. The second kappa shape index (κ2) is 17.1. The van der Waals surface area contributed by atoms with Gasteiger partial charge in [0.1, 0.15) is 0 Å². The van der Waals surface area contributed by atoms with Crippen LogP contribution in [-0.4, -0.2) is 123 Å². The van der Waals surface area contributed by atoms with Crippen molar-refractivity contribution in [3.05, 3.63) is 29.6 Å². The lowest BCUT2D eigenvalue weighted by Gasteiger charge is -2.38. The predicted molar refractivity (Wildman–Crippen MR) is 137 cm³/mol. The Kier molecular flexibility index (Phi) is 15.7. The molecule has 1 aromatic rings. The highest BCUT2D eigenvalue weighted by Gasteiger charge is 2.45. The van der Waals surface area contributed by atoms with Gasteiger partial charge in [0.25, 0.3) is 0 Å². The maximum absolute atomic E-state index is 12.2. The zero-order chi connectivity index (χ0) is 35.5. The number of hydrogen-bond donors (Lipinski definition) is 3. The molecule has 0 radical (unpaired) electrons. The van der Waals surface area contributed by atoms with Crippen molar-refractivity contribution in [2.45, 2.75) is 63.8 Å². The molecule has 258 valence electrons. The quantitative estimate of drug-likeness (QED) is 0.405. The van der Waals surface area contributed by atoms with E-state index in [1.165, 1.54) is 0 Å². The third-order valence-corrected chi connectivity index (χ3v) is 6.10. The van der Waals surface area contributed by atoms with Gasteiger partial charge in [-0.15, -0.1) is 0 Å². The summed E-state index contributed by atoms with van der Waals surface area (Å²) in [5.41, 5.74) is 2.23. The first-order chi connectivity index (χ1) is 20.3. The van der Waals surface area contributed by atoms with Crippen LogP contribution < -0.4 is 0 Å². The normalized spacial score (nSPS) is 20.0. The summed E-state index contributed by atoms with van der Waals surface area (Å²) in [6.07, 6.45) is -13.0. The third kappa shape index (κ3) is 15.7. The lowest BCUT2D eigenvalue weighted by molar-refractivity contribution is -0.193. The second-order valence-electron chi connectivity index (χ2n) is 10.1. The third-order valence-electron chi connectivity index (χ3n) is 6.10. The van der Waals surface area contributed by atoms with E-state index in [-0.39, 0.29) is 5.91 Å². The predicted octanol–water partition coefficient (Wildman–Crippen LogP) is 3.66. The van der Waals surface area contributed by atoms with Gasteiger partial charge in [-0.05, 0) is 51.9 Å². The van der Waals surface area contributed by atoms with Crippen LogP contribution in [0.25, 0.3) is 0 Å². The number of aryl methyl sites for hydroxylation is 1.